The smallest absolute Gasteiger partial charge is 0.360 e. The van der Waals surface area contributed by atoms with E-state index in [1.807, 2.05) is 0 Å². The summed E-state index contributed by atoms with van der Waals surface area (Å²) >= 11 is 0. The summed E-state index contributed by atoms with van der Waals surface area (Å²) in [4.78, 5) is 29.6. The summed E-state index contributed by atoms with van der Waals surface area (Å²) in [6.45, 7) is 7.85. The Morgan fingerprint density at radius 1 is 1.17 bits per heavy atom. The molecular formula is C21H35N5O3. The lowest BCUT2D eigenvalue weighted by Gasteiger charge is -2.31. The van der Waals surface area contributed by atoms with Crippen molar-refractivity contribution in [3.8, 4) is 0 Å². The van der Waals surface area contributed by atoms with Crippen LogP contribution in [0, 0.1) is 5.92 Å². The standard InChI is InChI=1S/C21H35N5O3/c1-4-16(5-2)13-25-14-17(26-15-18(22-23-26)21(28)29-3)12-19(25)20(27)24-10-8-6-7-9-11-24/h15-17,19H,4-14H2,1-3H3/t17-,19-/m0/s1. The van der Waals surface area contributed by atoms with Crippen molar-refractivity contribution in [2.24, 2.45) is 5.92 Å². The van der Waals surface area contributed by atoms with Gasteiger partial charge in [-0.3, -0.25) is 9.69 Å². The van der Waals surface area contributed by atoms with Gasteiger partial charge in [0.05, 0.1) is 25.4 Å². The van der Waals surface area contributed by atoms with E-state index < -0.39 is 5.97 Å². The maximum Gasteiger partial charge on any atom is 0.360 e. The molecule has 0 bridgehead atoms. The predicted octanol–water partition coefficient (Wildman–Crippen LogP) is 2.52. The summed E-state index contributed by atoms with van der Waals surface area (Å²) in [6.07, 6.45) is 9.19. The molecule has 0 saturated carbocycles. The molecule has 2 aliphatic rings. The van der Waals surface area contributed by atoms with Gasteiger partial charge in [-0.25, -0.2) is 9.48 Å². The minimum Gasteiger partial charge on any atom is -0.464 e. The molecule has 0 spiro atoms. The molecule has 1 aromatic heterocycles. The van der Waals surface area contributed by atoms with E-state index in [-0.39, 0.29) is 23.7 Å². The molecule has 0 radical (unpaired) electrons. The number of hydrogen-bond acceptors (Lipinski definition) is 6. The van der Waals surface area contributed by atoms with E-state index in [2.05, 4.69) is 34.0 Å². The lowest BCUT2D eigenvalue weighted by molar-refractivity contribution is -0.136. The van der Waals surface area contributed by atoms with Crippen molar-refractivity contribution in [2.75, 3.05) is 33.3 Å². The van der Waals surface area contributed by atoms with Crippen LogP contribution in [0.15, 0.2) is 6.20 Å². The number of carbonyl (C=O) groups excluding carboxylic acids is 2. The van der Waals surface area contributed by atoms with Gasteiger partial charge in [-0.15, -0.1) is 5.10 Å². The Kier molecular flexibility index (Phi) is 7.64. The van der Waals surface area contributed by atoms with E-state index in [1.165, 1.54) is 20.0 Å². The molecule has 29 heavy (non-hydrogen) atoms. The maximum absolute atomic E-state index is 13.4. The Morgan fingerprint density at radius 3 is 2.48 bits per heavy atom. The fraction of sp³-hybridized carbons (Fsp3) is 0.810. The Morgan fingerprint density at radius 2 is 1.86 bits per heavy atom. The van der Waals surface area contributed by atoms with E-state index in [4.69, 9.17) is 4.74 Å². The van der Waals surface area contributed by atoms with Gasteiger partial charge in [0.2, 0.25) is 5.91 Å². The van der Waals surface area contributed by atoms with Gasteiger partial charge < -0.3 is 9.64 Å². The summed E-state index contributed by atoms with van der Waals surface area (Å²) < 4.78 is 6.48. The number of methoxy groups -OCH3 is 1. The highest BCUT2D eigenvalue weighted by Gasteiger charge is 2.40. The second kappa shape index (κ2) is 10.2. The third-order valence-electron chi connectivity index (χ3n) is 6.51. The molecule has 0 unspecified atom stereocenters. The van der Waals surface area contributed by atoms with E-state index in [0.29, 0.717) is 12.3 Å². The van der Waals surface area contributed by atoms with Crippen LogP contribution >= 0.6 is 0 Å². The number of aromatic nitrogens is 3. The Hall–Kier alpha value is -1.96. The molecule has 162 valence electrons. The van der Waals surface area contributed by atoms with E-state index in [1.54, 1.807) is 10.9 Å². The largest absolute Gasteiger partial charge is 0.464 e. The van der Waals surface area contributed by atoms with Crippen molar-refractivity contribution in [1.82, 2.24) is 24.8 Å². The molecular weight excluding hydrogens is 370 g/mol. The Labute approximate surface area is 173 Å². The van der Waals surface area contributed by atoms with Gasteiger partial charge in [0.15, 0.2) is 5.69 Å². The molecule has 0 N–H and O–H groups in total. The lowest BCUT2D eigenvalue weighted by Crippen LogP contribution is -2.47. The number of esters is 1. The minimum absolute atomic E-state index is 0.0381. The van der Waals surface area contributed by atoms with Gasteiger partial charge in [0.1, 0.15) is 0 Å². The SMILES string of the molecule is CCC(CC)CN1C[C@@H](n2cc(C(=O)OC)nn2)C[C@H]1C(=O)N1CCCCCC1. The monoisotopic (exact) mass is 405 g/mol. The average molecular weight is 406 g/mol. The second-order valence-electron chi connectivity index (χ2n) is 8.36. The van der Waals surface area contributed by atoms with E-state index in [0.717, 1.165) is 51.9 Å². The van der Waals surface area contributed by atoms with Crippen LogP contribution in [0.4, 0.5) is 0 Å². The van der Waals surface area contributed by atoms with E-state index >= 15 is 0 Å². The molecule has 8 nitrogen and oxygen atoms in total. The van der Waals surface area contributed by atoms with Crippen LogP contribution < -0.4 is 0 Å². The summed E-state index contributed by atoms with van der Waals surface area (Å²) in [7, 11) is 1.34. The zero-order chi connectivity index (χ0) is 20.8. The normalized spacial score (nSPS) is 23.4. The second-order valence-corrected chi connectivity index (χ2v) is 8.36. The third-order valence-corrected chi connectivity index (χ3v) is 6.51. The molecule has 3 rings (SSSR count). The molecule has 2 aliphatic heterocycles. The number of ether oxygens (including phenoxy) is 1. The molecule has 2 atom stereocenters. The van der Waals surface area contributed by atoms with Crippen LogP contribution in [0.5, 0.6) is 0 Å². The summed E-state index contributed by atoms with van der Waals surface area (Å²) in [5.74, 6) is 0.351. The summed E-state index contributed by atoms with van der Waals surface area (Å²) in [5.41, 5.74) is 0.210. The summed E-state index contributed by atoms with van der Waals surface area (Å²) in [5, 5.41) is 8.10. The minimum atomic E-state index is -0.486. The molecule has 3 heterocycles. The number of carbonyl (C=O) groups is 2. The highest BCUT2D eigenvalue weighted by atomic mass is 16.5. The van der Waals surface area contributed by atoms with Crippen molar-refractivity contribution in [3.05, 3.63) is 11.9 Å². The quantitative estimate of drug-likeness (QED) is 0.649. The first-order chi connectivity index (χ1) is 14.1. The van der Waals surface area contributed by atoms with Crippen LogP contribution in [0.3, 0.4) is 0 Å². The van der Waals surface area contributed by atoms with Crippen LogP contribution in [-0.2, 0) is 9.53 Å². The molecule has 2 saturated heterocycles. The fourth-order valence-corrected chi connectivity index (χ4v) is 4.56. The highest BCUT2D eigenvalue weighted by Crippen LogP contribution is 2.30. The molecule has 0 aliphatic carbocycles. The van der Waals surface area contributed by atoms with Gasteiger partial charge in [0.25, 0.3) is 0 Å². The maximum atomic E-state index is 13.4. The van der Waals surface area contributed by atoms with Crippen LogP contribution in [0.25, 0.3) is 0 Å². The predicted molar refractivity (Wildman–Crippen MR) is 109 cm³/mol. The van der Waals surface area contributed by atoms with Crippen molar-refractivity contribution in [2.45, 2.75) is 70.9 Å². The van der Waals surface area contributed by atoms with Gasteiger partial charge in [0, 0.05) is 26.2 Å². The topological polar surface area (TPSA) is 80.6 Å². The lowest BCUT2D eigenvalue weighted by atomic mass is 10.0. The molecule has 2 fully saturated rings. The van der Waals surface area contributed by atoms with Gasteiger partial charge in [-0.1, -0.05) is 44.7 Å². The number of nitrogens with zero attached hydrogens (tertiary/aromatic N) is 5. The van der Waals surface area contributed by atoms with Crippen molar-refractivity contribution < 1.29 is 14.3 Å². The number of hydrogen-bond donors (Lipinski definition) is 0. The van der Waals surface area contributed by atoms with Gasteiger partial charge >= 0.3 is 5.97 Å². The molecule has 0 aromatic carbocycles. The fourth-order valence-electron chi connectivity index (χ4n) is 4.56. The number of amides is 1. The average Bonchev–Trinajstić information content (AvgIpc) is 3.30. The number of rotatable bonds is 7. The van der Waals surface area contributed by atoms with Gasteiger partial charge in [-0.05, 0) is 25.2 Å². The molecule has 1 amide bonds. The number of likely N-dealkylation sites (tertiary alicyclic amines) is 2. The van der Waals surface area contributed by atoms with Crippen LogP contribution in [0.2, 0.25) is 0 Å². The van der Waals surface area contributed by atoms with Gasteiger partial charge in [-0.2, -0.15) is 0 Å². The molecule has 8 heteroatoms. The zero-order valence-corrected chi connectivity index (χ0v) is 18.0. The Balaban J connectivity index is 1.76. The third kappa shape index (κ3) is 5.15. The summed E-state index contributed by atoms with van der Waals surface area (Å²) in [6, 6.07) is -0.0827. The van der Waals surface area contributed by atoms with E-state index in [9.17, 15) is 9.59 Å². The highest BCUT2D eigenvalue weighted by molar-refractivity contribution is 5.86. The first-order valence-corrected chi connectivity index (χ1v) is 11.1. The Bertz CT molecular complexity index is 680. The van der Waals surface area contributed by atoms with Crippen molar-refractivity contribution in [1.29, 1.82) is 0 Å². The first-order valence-electron chi connectivity index (χ1n) is 11.1. The van der Waals surface area contributed by atoms with Crippen molar-refractivity contribution in [3.63, 3.8) is 0 Å². The zero-order valence-electron chi connectivity index (χ0n) is 18.0. The first kappa shape index (κ1) is 21.7. The van der Waals surface area contributed by atoms with Crippen molar-refractivity contribution >= 4 is 11.9 Å². The molecule has 1 aromatic rings. The van der Waals surface area contributed by atoms with Crippen LogP contribution in [-0.4, -0.2) is 76.0 Å². The van der Waals surface area contributed by atoms with Crippen LogP contribution in [0.1, 0.15) is 75.3 Å².